The summed E-state index contributed by atoms with van der Waals surface area (Å²) in [5.41, 5.74) is 0.893. The van der Waals surface area contributed by atoms with Crippen molar-refractivity contribution in [1.82, 2.24) is 19.8 Å². The quantitative estimate of drug-likeness (QED) is 0.590. The van der Waals surface area contributed by atoms with Crippen molar-refractivity contribution in [2.75, 3.05) is 13.1 Å². The van der Waals surface area contributed by atoms with E-state index in [2.05, 4.69) is 10.3 Å². The van der Waals surface area contributed by atoms with Crippen LogP contribution in [0.1, 0.15) is 53.4 Å². The second kappa shape index (κ2) is 8.51. The number of aromatic nitrogens is 2. The van der Waals surface area contributed by atoms with E-state index < -0.39 is 37.3 Å². The number of rotatable bonds is 7. The van der Waals surface area contributed by atoms with Crippen LogP contribution in [-0.2, 0) is 22.9 Å². The fourth-order valence-electron chi connectivity index (χ4n) is 4.15. The highest BCUT2D eigenvalue weighted by molar-refractivity contribution is 7.94. The van der Waals surface area contributed by atoms with Gasteiger partial charge < -0.3 is 14.8 Å². The highest BCUT2D eigenvalue weighted by Crippen LogP contribution is 2.52. The monoisotopic (exact) mass is 532 g/mol. The van der Waals surface area contributed by atoms with Gasteiger partial charge in [-0.25, -0.2) is 13.4 Å². The summed E-state index contributed by atoms with van der Waals surface area (Å²) in [6.07, 6.45) is -3.62. The Morgan fingerprint density at radius 3 is 2.37 bits per heavy atom. The molecule has 2 amide bonds. The number of hydrogen-bond acceptors (Lipinski definition) is 5. The number of fused-ring (bicyclic) bond motifs is 1. The van der Waals surface area contributed by atoms with Crippen LogP contribution in [0.15, 0.2) is 30.5 Å². The van der Waals surface area contributed by atoms with Crippen LogP contribution in [-0.4, -0.2) is 63.4 Å². The minimum absolute atomic E-state index is 0.0222. The Labute approximate surface area is 205 Å². The lowest BCUT2D eigenvalue weighted by Gasteiger charge is -2.36. The number of benzene rings is 1. The molecule has 35 heavy (non-hydrogen) atoms. The Morgan fingerprint density at radius 1 is 1.17 bits per heavy atom. The standard InChI is InChI=1S/C22H24ClF3N4O4S/c1-20(2,22(24,25)26)35(33,34)21(7-8-21)13-29-9-10-30-16(19(29)32)12-27-17(30)18(31)28-11-14-3-5-15(23)6-4-14/h3-6,12H,7-11,13H2,1-2H3,(H,28,31). The van der Waals surface area contributed by atoms with Gasteiger partial charge in [0.05, 0.1) is 10.9 Å². The SMILES string of the molecule is CC(C)(C(F)(F)F)S(=O)(=O)C1(CN2CCn3c(cnc3C(=O)NCc3ccc(Cl)cc3)C2=O)CC1. The van der Waals surface area contributed by atoms with E-state index >= 15 is 0 Å². The molecule has 1 aromatic carbocycles. The molecule has 2 heterocycles. The van der Waals surface area contributed by atoms with Crippen molar-refractivity contribution < 1.29 is 31.2 Å². The van der Waals surface area contributed by atoms with Crippen LogP contribution in [0.2, 0.25) is 5.02 Å². The maximum Gasteiger partial charge on any atom is 0.407 e. The van der Waals surface area contributed by atoms with Crippen molar-refractivity contribution in [2.45, 2.75) is 55.4 Å². The maximum atomic E-state index is 13.5. The summed E-state index contributed by atoms with van der Waals surface area (Å²) < 4.78 is 63.3. The summed E-state index contributed by atoms with van der Waals surface area (Å²) >= 11 is 5.85. The minimum Gasteiger partial charge on any atom is -0.345 e. The molecule has 2 aliphatic rings. The van der Waals surface area contributed by atoms with E-state index in [1.54, 1.807) is 24.3 Å². The number of halogens is 4. The molecule has 0 spiro atoms. The fraction of sp³-hybridized carbons (Fsp3) is 0.500. The zero-order valence-corrected chi connectivity index (χ0v) is 20.6. The second-order valence-corrected chi connectivity index (χ2v) is 12.7. The van der Waals surface area contributed by atoms with Crippen LogP contribution >= 0.6 is 11.6 Å². The molecule has 1 aromatic heterocycles. The number of sulfone groups is 1. The third-order valence-corrected chi connectivity index (χ3v) is 10.2. The molecule has 0 bridgehead atoms. The van der Waals surface area contributed by atoms with Crippen molar-refractivity contribution >= 4 is 33.3 Å². The molecule has 1 fully saturated rings. The lowest BCUT2D eigenvalue weighted by atomic mass is 10.2. The molecule has 2 aromatic rings. The molecular weight excluding hydrogens is 509 g/mol. The van der Waals surface area contributed by atoms with Crippen molar-refractivity contribution in [3.8, 4) is 0 Å². The van der Waals surface area contributed by atoms with Gasteiger partial charge in [-0.05, 0) is 44.4 Å². The molecule has 0 saturated heterocycles. The van der Waals surface area contributed by atoms with Crippen molar-refractivity contribution in [1.29, 1.82) is 0 Å². The van der Waals surface area contributed by atoms with Crippen LogP contribution in [0, 0.1) is 0 Å². The maximum absolute atomic E-state index is 13.5. The van der Waals surface area contributed by atoms with Crippen molar-refractivity contribution in [3.63, 3.8) is 0 Å². The summed E-state index contributed by atoms with van der Waals surface area (Å²) in [5.74, 6) is -1.05. The van der Waals surface area contributed by atoms with Gasteiger partial charge in [-0.3, -0.25) is 9.59 Å². The number of nitrogens with zero attached hydrogens (tertiary/aromatic N) is 3. The summed E-state index contributed by atoms with van der Waals surface area (Å²) in [6, 6.07) is 6.90. The zero-order valence-electron chi connectivity index (χ0n) is 19.0. The highest BCUT2D eigenvalue weighted by atomic mass is 35.5. The molecule has 190 valence electrons. The molecule has 4 rings (SSSR count). The normalized spacial score (nSPS) is 17.8. The van der Waals surface area contributed by atoms with Crippen molar-refractivity contribution in [3.05, 3.63) is 52.6 Å². The molecule has 1 aliphatic heterocycles. The Kier molecular flexibility index (Phi) is 6.20. The average molecular weight is 533 g/mol. The van der Waals surface area contributed by atoms with Crippen LogP contribution in [0.3, 0.4) is 0 Å². The fourth-order valence-corrected chi connectivity index (χ4v) is 6.62. The molecule has 0 radical (unpaired) electrons. The summed E-state index contributed by atoms with van der Waals surface area (Å²) in [4.78, 5) is 31.0. The molecule has 8 nitrogen and oxygen atoms in total. The topological polar surface area (TPSA) is 101 Å². The van der Waals surface area contributed by atoms with Gasteiger partial charge in [0.1, 0.15) is 5.69 Å². The number of imidazole rings is 1. The number of amides is 2. The Balaban J connectivity index is 1.48. The molecule has 0 unspecified atom stereocenters. The van der Waals surface area contributed by atoms with E-state index in [0.29, 0.717) is 18.9 Å². The van der Waals surface area contributed by atoms with Gasteiger partial charge in [0.25, 0.3) is 11.8 Å². The lowest BCUT2D eigenvalue weighted by Crippen LogP contribution is -2.55. The first-order valence-corrected chi connectivity index (χ1v) is 12.7. The molecule has 0 atom stereocenters. The van der Waals surface area contributed by atoms with Gasteiger partial charge >= 0.3 is 6.18 Å². The predicted molar refractivity (Wildman–Crippen MR) is 122 cm³/mol. The number of alkyl halides is 3. The largest absolute Gasteiger partial charge is 0.407 e. The Bertz CT molecular complexity index is 1270. The van der Waals surface area contributed by atoms with E-state index in [4.69, 9.17) is 11.6 Å². The average Bonchev–Trinajstić information content (AvgIpc) is 3.44. The number of nitrogens with one attached hydrogen (secondary N) is 1. The van der Waals surface area contributed by atoms with E-state index in [1.165, 1.54) is 15.7 Å². The molecule has 1 saturated carbocycles. The number of hydrogen-bond donors (Lipinski definition) is 1. The van der Waals surface area contributed by atoms with E-state index in [1.807, 2.05) is 0 Å². The van der Waals surface area contributed by atoms with Gasteiger partial charge in [0.15, 0.2) is 20.4 Å². The Morgan fingerprint density at radius 2 is 1.80 bits per heavy atom. The third-order valence-electron chi connectivity index (χ3n) is 6.74. The molecule has 1 N–H and O–H groups in total. The summed E-state index contributed by atoms with van der Waals surface area (Å²) in [5, 5.41) is 3.28. The van der Waals surface area contributed by atoms with Gasteiger partial charge in [-0.15, -0.1) is 0 Å². The van der Waals surface area contributed by atoms with Crippen LogP contribution in [0.4, 0.5) is 13.2 Å². The molecule has 1 aliphatic carbocycles. The first-order chi connectivity index (χ1) is 16.2. The van der Waals surface area contributed by atoms with E-state index in [-0.39, 0.29) is 50.5 Å². The smallest absolute Gasteiger partial charge is 0.345 e. The second-order valence-electron chi connectivity index (χ2n) is 9.35. The first kappa shape index (κ1) is 25.5. The predicted octanol–water partition coefficient (Wildman–Crippen LogP) is 3.21. The summed E-state index contributed by atoms with van der Waals surface area (Å²) in [7, 11) is -4.64. The minimum atomic E-state index is -4.94. The highest BCUT2D eigenvalue weighted by Gasteiger charge is 2.68. The molecule has 13 heteroatoms. The summed E-state index contributed by atoms with van der Waals surface area (Å²) in [6.45, 7) is 1.40. The third kappa shape index (κ3) is 4.31. The van der Waals surface area contributed by atoms with Crippen LogP contribution in [0.5, 0.6) is 0 Å². The van der Waals surface area contributed by atoms with Gasteiger partial charge in [-0.2, -0.15) is 13.2 Å². The number of carbonyl (C=O) groups is 2. The van der Waals surface area contributed by atoms with E-state index in [9.17, 15) is 31.2 Å². The lowest BCUT2D eigenvalue weighted by molar-refractivity contribution is -0.153. The number of carbonyl (C=O) groups excluding carboxylic acids is 2. The van der Waals surface area contributed by atoms with E-state index in [0.717, 1.165) is 5.56 Å². The Hall–Kier alpha value is -2.60. The van der Waals surface area contributed by atoms with Gasteiger partial charge in [-0.1, -0.05) is 23.7 Å². The first-order valence-electron chi connectivity index (χ1n) is 10.9. The van der Waals surface area contributed by atoms with Crippen LogP contribution < -0.4 is 5.32 Å². The zero-order chi connectivity index (χ0) is 25.8. The van der Waals surface area contributed by atoms with Crippen LogP contribution in [0.25, 0.3) is 0 Å². The molecular formula is C22H24ClF3N4O4S. The van der Waals surface area contributed by atoms with Gasteiger partial charge in [0.2, 0.25) is 0 Å². The van der Waals surface area contributed by atoms with Crippen molar-refractivity contribution in [2.24, 2.45) is 0 Å². The van der Waals surface area contributed by atoms with Gasteiger partial charge in [0, 0.05) is 31.2 Å².